The molecule has 1 saturated heterocycles. The maximum Gasteiger partial charge on any atom is 0.253 e. The van der Waals surface area contributed by atoms with Crippen LogP contribution in [0.2, 0.25) is 0 Å². The highest BCUT2D eigenvalue weighted by Crippen LogP contribution is 2.35. The Labute approximate surface area is 168 Å². The molecule has 2 aromatic carbocycles. The molecule has 1 fully saturated rings. The smallest absolute Gasteiger partial charge is 0.253 e. The number of halogens is 1. The molecule has 1 atom stereocenters. The number of carbonyl (C=O) groups excluding carboxylic acids is 1. The van der Waals surface area contributed by atoms with Gasteiger partial charge in [0.15, 0.2) is 0 Å². The van der Waals surface area contributed by atoms with Crippen LogP contribution in [-0.2, 0) is 6.54 Å². The molecule has 4 rings (SSSR count). The number of thioether (sulfide) groups is 1. The molecule has 2 heterocycles. The van der Waals surface area contributed by atoms with Gasteiger partial charge in [0.25, 0.3) is 5.91 Å². The van der Waals surface area contributed by atoms with Crippen LogP contribution in [0.25, 0.3) is 0 Å². The van der Waals surface area contributed by atoms with Gasteiger partial charge in [-0.05, 0) is 30.2 Å². The number of hydrogen-bond acceptors (Lipinski definition) is 3. The number of carbonyl (C=O) groups is 1. The van der Waals surface area contributed by atoms with Crippen LogP contribution in [0.1, 0.15) is 33.2 Å². The van der Waals surface area contributed by atoms with Crippen molar-refractivity contribution in [1.29, 1.82) is 0 Å². The topological polar surface area (TPSA) is 38.1 Å². The molecular weight excluding hydrogens is 373 g/mol. The Balaban J connectivity index is 1.40. The normalized spacial score (nSPS) is 17.3. The van der Waals surface area contributed by atoms with Crippen molar-refractivity contribution >= 4 is 17.7 Å². The summed E-state index contributed by atoms with van der Waals surface area (Å²) in [4.78, 5) is 18.9. The largest absolute Gasteiger partial charge is 0.338 e. The third-order valence-corrected chi connectivity index (χ3v) is 6.32. The summed E-state index contributed by atoms with van der Waals surface area (Å²) < 4.78 is 16.1. The summed E-state index contributed by atoms with van der Waals surface area (Å²) in [5, 5.41) is 0.0940. The highest BCUT2D eigenvalue weighted by molar-refractivity contribution is 7.99. The lowest BCUT2D eigenvalue weighted by Crippen LogP contribution is -2.33. The van der Waals surface area contributed by atoms with Gasteiger partial charge in [0, 0.05) is 54.2 Å². The fourth-order valence-electron chi connectivity index (χ4n) is 3.48. The Kier molecular flexibility index (Phi) is 5.76. The summed E-state index contributed by atoms with van der Waals surface area (Å²) in [6.07, 6.45) is 6.21. The van der Waals surface area contributed by atoms with Crippen molar-refractivity contribution < 1.29 is 9.18 Å². The van der Waals surface area contributed by atoms with Crippen LogP contribution >= 0.6 is 11.8 Å². The minimum absolute atomic E-state index is 0.0453. The van der Waals surface area contributed by atoms with Gasteiger partial charge in [-0.2, -0.15) is 11.8 Å². The highest BCUT2D eigenvalue weighted by atomic mass is 32.2. The third kappa shape index (κ3) is 4.28. The molecule has 1 aliphatic heterocycles. The standard InChI is InChI=1S/C22H22FN3OS/c23-20-4-2-1-3-19(20)21-9-11-26(13-14-28-21)22(27)18-7-5-17(6-8-18)15-25-12-10-24-16-25/h1-8,10,12,16,21H,9,11,13-15H2. The van der Waals surface area contributed by atoms with Crippen molar-refractivity contribution in [2.24, 2.45) is 0 Å². The van der Waals surface area contributed by atoms with Crippen molar-refractivity contribution in [2.45, 2.75) is 18.2 Å². The first-order valence-electron chi connectivity index (χ1n) is 9.41. The van der Waals surface area contributed by atoms with Crippen LogP contribution < -0.4 is 0 Å². The summed E-state index contributed by atoms with van der Waals surface area (Å²) in [6.45, 7) is 2.06. The summed E-state index contributed by atoms with van der Waals surface area (Å²) >= 11 is 1.73. The summed E-state index contributed by atoms with van der Waals surface area (Å²) in [5.74, 6) is 0.695. The Hall–Kier alpha value is -2.60. The van der Waals surface area contributed by atoms with E-state index in [4.69, 9.17) is 0 Å². The average Bonchev–Trinajstić information content (AvgIpc) is 3.10. The molecule has 0 bridgehead atoms. The lowest BCUT2D eigenvalue weighted by Gasteiger charge is -2.20. The molecule has 144 valence electrons. The average molecular weight is 396 g/mol. The van der Waals surface area contributed by atoms with E-state index in [1.54, 1.807) is 30.4 Å². The lowest BCUT2D eigenvalue weighted by atomic mass is 10.1. The van der Waals surface area contributed by atoms with E-state index in [2.05, 4.69) is 4.98 Å². The van der Waals surface area contributed by atoms with Crippen molar-refractivity contribution in [3.05, 3.63) is 89.8 Å². The second-order valence-corrected chi connectivity index (χ2v) is 8.20. The molecule has 1 aliphatic rings. The summed E-state index contributed by atoms with van der Waals surface area (Å²) in [5.41, 5.74) is 2.56. The van der Waals surface area contributed by atoms with Gasteiger partial charge in [-0.3, -0.25) is 4.79 Å². The molecule has 3 aromatic rings. The molecule has 1 unspecified atom stereocenters. The zero-order valence-corrected chi connectivity index (χ0v) is 16.3. The first-order chi connectivity index (χ1) is 13.7. The first kappa shape index (κ1) is 18.7. The van der Waals surface area contributed by atoms with Crippen LogP contribution in [0.4, 0.5) is 4.39 Å². The Morgan fingerprint density at radius 3 is 2.71 bits per heavy atom. The number of hydrogen-bond donors (Lipinski definition) is 0. The highest BCUT2D eigenvalue weighted by Gasteiger charge is 2.24. The van der Waals surface area contributed by atoms with Gasteiger partial charge < -0.3 is 9.47 Å². The van der Waals surface area contributed by atoms with Crippen LogP contribution in [0.3, 0.4) is 0 Å². The number of benzene rings is 2. The number of nitrogens with zero attached hydrogens (tertiary/aromatic N) is 3. The fourth-order valence-corrected chi connectivity index (χ4v) is 4.74. The Morgan fingerprint density at radius 1 is 1.14 bits per heavy atom. The molecule has 1 aromatic heterocycles. The van der Waals surface area contributed by atoms with Gasteiger partial charge >= 0.3 is 0 Å². The molecule has 0 saturated carbocycles. The van der Waals surface area contributed by atoms with Gasteiger partial charge in [-0.25, -0.2) is 9.37 Å². The molecule has 4 nitrogen and oxygen atoms in total. The zero-order chi connectivity index (χ0) is 19.3. The predicted molar refractivity (Wildman–Crippen MR) is 110 cm³/mol. The maximum atomic E-state index is 14.1. The van der Waals surface area contributed by atoms with Gasteiger partial charge in [0.2, 0.25) is 0 Å². The van der Waals surface area contributed by atoms with Crippen LogP contribution in [-0.4, -0.2) is 39.2 Å². The van der Waals surface area contributed by atoms with Crippen molar-refractivity contribution in [3.8, 4) is 0 Å². The molecule has 28 heavy (non-hydrogen) atoms. The molecule has 0 radical (unpaired) electrons. The summed E-state index contributed by atoms with van der Waals surface area (Å²) in [6, 6.07) is 14.7. The molecular formula is C22H22FN3OS. The van der Waals surface area contributed by atoms with Gasteiger partial charge in [-0.15, -0.1) is 0 Å². The van der Waals surface area contributed by atoms with E-state index in [0.29, 0.717) is 18.7 Å². The minimum Gasteiger partial charge on any atom is -0.338 e. The predicted octanol–water partition coefficient (Wildman–Crippen LogP) is 4.39. The van der Waals surface area contributed by atoms with E-state index in [0.717, 1.165) is 29.8 Å². The monoisotopic (exact) mass is 395 g/mol. The SMILES string of the molecule is O=C(c1ccc(Cn2ccnc2)cc1)N1CCSC(c2ccccc2F)CC1. The molecule has 0 aliphatic carbocycles. The van der Waals surface area contributed by atoms with Gasteiger partial charge in [-0.1, -0.05) is 30.3 Å². The van der Waals surface area contributed by atoms with E-state index >= 15 is 0 Å². The lowest BCUT2D eigenvalue weighted by molar-refractivity contribution is 0.0766. The van der Waals surface area contributed by atoms with Gasteiger partial charge in [0.05, 0.1) is 6.33 Å². The fraction of sp³-hybridized carbons (Fsp3) is 0.273. The van der Waals surface area contributed by atoms with E-state index in [1.165, 1.54) is 6.07 Å². The van der Waals surface area contributed by atoms with Crippen LogP contribution in [0.5, 0.6) is 0 Å². The van der Waals surface area contributed by atoms with Gasteiger partial charge in [0.1, 0.15) is 5.82 Å². The quantitative estimate of drug-likeness (QED) is 0.658. The zero-order valence-electron chi connectivity index (χ0n) is 15.5. The van der Waals surface area contributed by atoms with E-state index in [1.807, 2.05) is 52.1 Å². The molecule has 0 spiro atoms. The third-order valence-electron chi connectivity index (χ3n) is 5.01. The number of aromatic nitrogens is 2. The minimum atomic E-state index is -0.159. The van der Waals surface area contributed by atoms with Crippen molar-refractivity contribution in [2.75, 3.05) is 18.8 Å². The number of imidazole rings is 1. The maximum absolute atomic E-state index is 14.1. The first-order valence-corrected chi connectivity index (χ1v) is 10.5. The van der Waals surface area contributed by atoms with E-state index < -0.39 is 0 Å². The second-order valence-electron chi connectivity index (χ2n) is 6.89. The summed E-state index contributed by atoms with van der Waals surface area (Å²) in [7, 11) is 0. The van der Waals surface area contributed by atoms with Crippen molar-refractivity contribution in [3.63, 3.8) is 0 Å². The second kappa shape index (κ2) is 8.61. The van der Waals surface area contributed by atoms with E-state index in [9.17, 15) is 9.18 Å². The Morgan fingerprint density at radius 2 is 1.96 bits per heavy atom. The van der Waals surface area contributed by atoms with E-state index in [-0.39, 0.29) is 17.0 Å². The Bertz CT molecular complexity index is 927. The molecule has 0 N–H and O–H groups in total. The molecule has 6 heteroatoms. The molecule has 1 amide bonds. The number of rotatable bonds is 4. The van der Waals surface area contributed by atoms with Crippen molar-refractivity contribution in [1.82, 2.24) is 14.5 Å². The number of amides is 1. The van der Waals surface area contributed by atoms with Crippen LogP contribution in [0.15, 0.2) is 67.3 Å². The van der Waals surface area contributed by atoms with Crippen LogP contribution in [0, 0.1) is 5.82 Å².